The van der Waals surface area contributed by atoms with Crippen molar-refractivity contribution in [1.29, 1.82) is 0 Å². The van der Waals surface area contributed by atoms with Crippen LogP contribution in [0.1, 0.15) is 32.6 Å². The minimum Gasteiger partial charge on any atom is -0.489 e. The third kappa shape index (κ3) is 5.36. The summed E-state index contributed by atoms with van der Waals surface area (Å²) in [7, 11) is 0. The van der Waals surface area contributed by atoms with Crippen molar-refractivity contribution in [3.05, 3.63) is 24.0 Å². The number of urea groups is 1. The van der Waals surface area contributed by atoms with E-state index in [1.165, 1.54) is 23.1 Å². The third-order valence-corrected chi connectivity index (χ3v) is 5.17. The van der Waals surface area contributed by atoms with Crippen LogP contribution < -0.4 is 10.1 Å². The number of hydrogen-bond acceptors (Lipinski definition) is 6. The van der Waals surface area contributed by atoms with Crippen LogP contribution in [0.25, 0.3) is 0 Å². The molecule has 2 fully saturated rings. The van der Waals surface area contributed by atoms with Crippen LogP contribution in [-0.4, -0.2) is 66.6 Å². The van der Waals surface area contributed by atoms with Crippen LogP contribution in [0.5, 0.6) is 5.75 Å². The van der Waals surface area contributed by atoms with Gasteiger partial charge in [-0.2, -0.15) is 0 Å². The first-order valence-corrected chi connectivity index (χ1v) is 9.91. The van der Waals surface area contributed by atoms with Crippen molar-refractivity contribution in [3.63, 3.8) is 0 Å². The van der Waals surface area contributed by atoms with Gasteiger partial charge in [0.1, 0.15) is 18.2 Å². The van der Waals surface area contributed by atoms with Crippen LogP contribution in [0, 0.1) is 5.82 Å². The maximum atomic E-state index is 13.7. The number of anilines is 1. The van der Waals surface area contributed by atoms with Crippen molar-refractivity contribution >= 4 is 17.7 Å². The Morgan fingerprint density at radius 3 is 2.79 bits per heavy atom. The van der Waals surface area contributed by atoms with E-state index in [4.69, 9.17) is 14.2 Å². The van der Waals surface area contributed by atoms with Gasteiger partial charge in [0.15, 0.2) is 5.60 Å². The summed E-state index contributed by atoms with van der Waals surface area (Å²) in [4.78, 5) is 26.0. The molecule has 0 saturated carbocycles. The van der Waals surface area contributed by atoms with Crippen molar-refractivity contribution in [1.82, 2.24) is 4.90 Å². The lowest BCUT2D eigenvalue weighted by atomic mass is 9.92. The molecule has 2 aliphatic heterocycles. The van der Waals surface area contributed by atoms with E-state index >= 15 is 0 Å². The molecule has 8 nitrogen and oxygen atoms in total. The molecular formula is C20H27FN2O6. The molecule has 2 aliphatic rings. The predicted octanol–water partition coefficient (Wildman–Crippen LogP) is 2.31. The highest BCUT2D eigenvalue weighted by Crippen LogP contribution is 2.28. The van der Waals surface area contributed by atoms with Gasteiger partial charge in [0.2, 0.25) is 0 Å². The highest BCUT2D eigenvalue weighted by atomic mass is 19.1. The van der Waals surface area contributed by atoms with E-state index in [0.29, 0.717) is 19.0 Å². The predicted molar refractivity (Wildman–Crippen MR) is 102 cm³/mol. The van der Waals surface area contributed by atoms with Gasteiger partial charge in [-0.05, 0) is 31.9 Å². The van der Waals surface area contributed by atoms with Crippen LogP contribution in [-0.2, 0) is 14.3 Å². The molecule has 1 unspecified atom stereocenters. The van der Waals surface area contributed by atoms with E-state index in [0.717, 1.165) is 12.8 Å². The van der Waals surface area contributed by atoms with Gasteiger partial charge < -0.3 is 29.5 Å². The number of nitrogens with zero attached hydrogens (tertiary/aromatic N) is 1. The maximum Gasteiger partial charge on any atom is 0.338 e. The lowest BCUT2D eigenvalue weighted by Gasteiger charge is -2.36. The molecule has 1 atom stereocenters. The zero-order chi connectivity index (χ0) is 20.9. The first-order chi connectivity index (χ1) is 13.9. The molecule has 29 heavy (non-hydrogen) atoms. The van der Waals surface area contributed by atoms with Crippen LogP contribution >= 0.6 is 0 Å². The summed E-state index contributed by atoms with van der Waals surface area (Å²) < 4.78 is 29.9. The Bertz CT molecular complexity index is 730. The number of piperidine rings is 1. The van der Waals surface area contributed by atoms with Gasteiger partial charge in [-0.1, -0.05) is 0 Å². The van der Waals surface area contributed by atoms with Crippen molar-refractivity contribution < 1.29 is 33.3 Å². The molecule has 0 radical (unpaired) electrons. The number of nitrogens with one attached hydrogen (secondary N) is 1. The van der Waals surface area contributed by atoms with Crippen LogP contribution in [0.3, 0.4) is 0 Å². The molecule has 1 aromatic carbocycles. The quantitative estimate of drug-likeness (QED) is 0.699. The number of esters is 1. The maximum absolute atomic E-state index is 13.7. The fourth-order valence-electron chi connectivity index (χ4n) is 3.43. The summed E-state index contributed by atoms with van der Waals surface area (Å²) in [5, 5.41) is 13.1. The zero-order valence-electron chi connectivity index (χ0n) is 16.5. The Balaban J connectivity index is 1.59. The minimum absolute atomic E-state index is 0.00810. The van der Waals surface area contributed by atoms with Crippen LogP contribution in [0.15, 0.2) is 18.2 Å². The van der Waals surface area contributed by atoms with Crippen molar-refractivity contribution in [2.45, 2.75) is 44.3 Å². The van der Waals surface area contributed by atoms with E-state index in [1.807, 2.05) is 0 Å². The van der Waals surface area contributed by atoms with Gasteiger partial charge in [-0.3, -0.25) is 0 Å². The number of rotatable bonds is 6. The van der Waals surface area contributed by atoms with Gasteiger partial charge >= 0.3 is 12.0 Å². The van der Waals surface area contributed by atoms with Crippen LogP contribution in [0.4, 0.5) is 14.9 Å². The molecule has 0 spiro atoms. The smallest absolute Gasteiger partial charge is 0.338 e. The highest BCUT2D eigenvalue weighted by molar-refractivity contribution is 5.91. The topological polar surface area (TPSA) is 97.3 Å². The normalized spacial score (nSPS) is 20.9. The second-order valence-corrected chi connectivity index (χ2v) is 7.26. The Labute approximate surface area is 168 Å². The van der Waals surface area contributed by atoms with E-state index in [2.05, 4.69) is 5.32 Å². The number of carbonyl (C=O) groups is 2. The molecule has 0 aromatic heterocycles. The van der Waals surface area contributed by atoms with Gasteiger partial charge in [0, 0.05) is 38.6 Å². The standard InChI is InChI=1S/C20H27FN2O6/c1-2-27-18(24)20(26)7-9-23(10-8-20)19(25)22-16-12-14(21)5-6-17(16)29-13-15-4-3-11-28-15/h5-6,12,15,26H,2-4,7-11,13H2,1H3,(H,22,25). The van der Waals surface area contributed by atoms with Crippen LogP contribution in [0.2, 0.25) is 0 Å². The number of likely N-dealkylation sites (tertiary alicyclic amines) is 1. The summed E-state index contributed by atoms with van der Waals surface area (Å²) in [5.41, 5.74) is -1.36. The SMILES string of the molecule is CCOC(=O)C1(O)CCN(C(=O)Nc2cc(F)ccc2OCC2CCCO2)CC1. The summed E-state index contributed by atoms with van der Waals surface area (Å²) in [6.45, 7) is 3.21. The first-order valence-electron chi connectivity index (χ1n) is 9.91. The van der Waals surface area contributed by atoms with E-state index in [-0.39, 0.29) is 44.3 Å². The second-order valence-electron chi connectivity index (χ2n) is 7.26. The van der Waals surface area contributed by atoms with Gasteiger partial charge in [0.25, 0.3) is 0 Å². The van der Waals surface area contributed by atoms with Gasteiger partial charge in [-0.15, -0.1) is 0 Å². The molecule has 2 saturated heterocycles. The minimum atomic E-state index is -1.58. The number of benzene rings is 1. The molecule has 0 aliphatic carbocycles. The molecule has 2 heterocycles. The fraction of sp³-hybridized carbons (Fsp3) is 0.600. The summed E-state index contributed by atoms with van der Waals surface area (Å²) >= 11 is 0. The molecular weight excluding hydrogens is 383 g/mol. The number of aliphatic hydroxyl groups is 1. The summed E-state index contributed by atoms with van der Waals surface area (Å²) in [6, 6.07) is 3.47. The zero-order valence-corrected chi connectivity index (χ0v) is 16.5. The Morgan fingerprint density at radius 2 is 2.14 bits per heavy atom. The number of carbonyl (C=O) groups excluding carboxylic acids is 2. The van der Waals surface area contributed by atoms with E-state index < -0.39 is 23.4 Å². The van der Waals surface area contributed by atoms with E-state index in [1.54, 1.807) is 6.92 Å². The lowest BCUT2D eigenvalue weighted by molar-refractivity contribution is -0.169. The van der Waals surface area contributed by atoms with Crippen molar-refractivity contribution in [2.24, 2.45) is 0 Å². The molecule has 160 valence electrons. The largest absolute Gasteiger partial charge is 0.489 e. The van der Waals surface area contributed by atoms with Crippen molar-refractivity contribution in [3.8, 4) is 5.75 Å². The Morgan fingerprint density at radius 1 is 1.38 bits per heavy atom. The monoisotopic (exact) mass is 410 g/mol. The molecule has 3 rings (SSSR count). The molecule has 9 heteroatoms. The Hall–Kier alpha value is -2.39. The number of hydrogen-bond donors (Lipinski definition) is 2. The molecule has 0 bridgehead atoms. The van der Waals surface area contributed by atoms with E-state index in [9.17, 15) is 19.1 Å². The summed E-state index contributed by atoms with van der Waals surface area (Å²) in [6.07, 6.45) is 2.02. The Kier molecular flexibility index (Phi) is 6.92. The lowest BCUT2D eigenvalue weighted by Crippen LogP contribution is -2.52. The molecule has 1 aromatic rings. The fourth-order valence-corrected chi connectivity index (χ4v) is 3.43. The second kappa shape index (κ2) is 9.41. The van der Waals surface area contributed by atoms with Crippen molar-refractivity contribution in [2.75, 3.05) is 38.2 Å². The highest BCUT2D eigenvalue weighted by Gasteiger charge is 2.41. The average Bonchev–Trinajstić information content (AvgIpc) is 3.21. The summed E-state index contributed by atoms with van der Waals surface area (Å²) in [5.74, 6) is -0.814. The average molecular weight is 410 g/mol. The molecule has 2 amide bonds. The molecule has 2 N–H and O–H groups in total. The van der Waals surface area contributed by atoms with Gasteiger partial charge in [0.05, 0.1) is 18.4 Å². The third-order valence-electron chi connectivity index (χ3n) is 5.17. The number of ether oxygens (including phenoxy) is 3. The number of amides is 2. The first kappa shape index (κ1) is 21.3. The van der Waals surface area contributed by atoms with Gasteiger partial charge in [-0.25, -0.2) is 14.0 Å². The number of halogens is 1.